The summed E-state index contributed by atoms with van der Waals surface area (Å²) in [6, 6.07) is 10.8. The van der Waals surface area contributed by atoms with Crippen LogP contribution in [0.4, 0.5) is 0 Å². The van der Waals surface area contributed by atoms with E-state index in [0.717, 1.165) is 32.6 Å². The summed E-state index contributed by atoms with van der Waals surface area (Å²) in [5.41, 5.74) is 1.64. The third-order valence-corrected chi connectivity index (χ3v) is 3.81. The molecule has 1 N–H and O–H groups in total. The second-order valence-electron chi connectivity index (χ2n) is 5.82. The highest BCUT2D eigenvalue weighted by molar-refractivity contribution is 5.15. The van der Waals surface area contributed by atoms with E-state index in [2.05, 4.69) is 68.2 Å². The SMILES string of the molecule is CCN(CC)CCNC(C)(C)CCc1ccccc1. The third-order valence-electron chi connectivity index (χ3n) is 3.81. The second-order valence-corrected chi connectivity index (χ2v) is 5.82. The van der Waals surface area contributed by atoms with Crippen LogP contribution in [-0.4, -0.2) is 36.6 Å². The van der Waals surface area contributed by atoms with Crippen LogP contribution in [0.25, 0.3) is 0 Å². The standard InChI is InChI=1S/C17H30N2/c1-5-19(6-2)15-14-18-17(3,4)13-12-16-10-8-7-9-11-16/h7-11,18H,5-6,12-15H2,1-4H3. The van der Waals surface area contributed by atoms with Gasteiger partial charge in [0.1, 0.15) is 0 Å². The van der Waals surface area contributed by atoms with Crippen LogP contribution in [0.1, 0.15) is 39.7 Å². The lowest BCUT2D eigenvalue weighted by Crippen LogP contribution is -2.43. The van der Waals surface area contributed by atoms with E-state index in [9.17, 15) is 0 Å². The average molecular weight is 262 g/mol. The van der Waals surface area contributed by atoms with Crippen molar-refractivity contribution >= 4 is 0 Å². The molecule has 1 rings (SSSR count). The van der Waals surface area contributed by atoms with Gasteiger partial charge >= 0.3 is 0 Å². The van der Waals surface area contributed by atoms with Gasteiger partial charge in [-0.3, -0.25) is 0 Å². The van der Waals surface area contributed by atoms with Crippen LogP contribution in [0.5, 0.6) is 0 Å². The molecule has 1 aromatic carbocycles. The van der Waals surface area contributed by atoms with Crippen molar-refractivity contribution in [1.82, 2.24) is 10.2 Å². The van der Waals surface area contributed by atoms with Gasteiger partial charge in [-0.1, -0.05) is 44.2 Å². The minimum absolute atomic E-state index is 0.211. The molecule has 0 saturated heterocycles. The molecule has 2 nitrogen and oxygen atoms in total. The monoisotopic (exact) mass is 262 g/mol. The lowest BCUT2D eigenvalue weighted by atomic mass is 9.95. The van der Waals surface area contributed by atoms with Crippen molar-refractivity contribution in [2.24, 2.45) is 0 Å². The first-order valence-electron chi connectivity index (χ1n) is 7.58. The summed E-state index contributed by atoms with van der Waals surface area (Å²) in [4.78, 5) is 2.46. The number of rotatable bonds is 9. The molecule has 19 heavy (non-hydrogen) atoms. The molecule has 108 valence electrons. The molecule has 0 aromatic heterocycles. The normalized spacial score (nSPS) is 12.1. The molecule has 0 atom stereocenters. The Kier molecular flexibility index (Phi) is 7.11. The molecule has 0 fully saturated rings. The molecular formula is C17H30N2. The summed E-state index contributed by atoms with van der Waals surface area (Å²) in [5, 5.41) is 3.69. The Labute approximate surface area is 119 Å². The largest absolute Gasteiger partial charge is 0.311 e. The number of nitrogens with one attached hydrogen (secondary N) is 1. The smallest absolute Gasteiger partial charge is 0.0128 e. The van der Waals surface area contributed by atoms with Crippen molar-refractivity contribution in [3.8, 4) is 0 Å². The van der Waals surface area contributed by atoms with E-state index in [-0.39, 0.29) is 5.54 Å². The van der Waals surface area contributed by atoms with Crippen molar-refractivity contribution in [2.75, 3.05) is 26.2 Å². The zero-order valence-electron chi connectivity index (χ0n) is 13.1. The first-order valence-corrected chi connectivity index (χ1v) is 7.58. The van der Waals surface area contributed by atoms with Gasteiger partial charge in [-0.25, -0.2) is 0 Å². The van der Waals surface area contributed by atoms with Gasteiger partial charge in [0.2, 0.25) is 0 Å². The summed E-state index contributed by atoms with van der Waals surface area (Å²) in [5.74, 6) is 0. The van der Waals surface area contributed by atoms with Crippen molar-refractivity contribution in [3.63, 3.8) is 0 Å². The van der Waals surface area contributed by atoms with Crippen LogP contribution in [0.2, 0.25) is 0 Å². The predicted molar refractivity (Wildman–Crippen MR) is 84.6 cm³/mol. The molecule has 0 aliphatic rings. The van der Waals surface area contributed by atoms with Gasteiger partial charge < -0.3 is 10.2 Å². The Morgan fingerprint density at radius 3 is 2.26 bits per heavy atom. The number of benzene rings is 1. The number of nitrogens with zero attached hydrogens (tertiary/aromatic N) is 1. The fourth-order valence-corrected chi connectivity index (χ4v) is 2.28. The van der Waals surface area contributed by atoms with Gasteiger partial charge in [0.05, 0.1) is 0 Å². The molecule has 0 amide bonds. The summed E-state index contributed by atoms with van der Waals surface area (Å²) in [6.45, 7) is 13.6. The molecule has 0 aliphatic heterocycles. The minimum Gasteiger partial charge on any atom is -0.311 e. The Bertz CT molecular complexity index is 328. The van der Waals surface area contributed by atoms with E-state index in [1.165, 1.54) is 12.0 Å². The van der Waals surface area contributed by atoms with Gasteiger partial charge in [0, 0.05) is 18.6 Å². The fourth-order valence-electron chi connectivity index (χ4n) is 2.28. The average Bonchev–Trinajstić information content (AvgIpc) is 2.43. The molecule has 1 aromatic rings. The molecule has 0 heterocycles. The van der Waals surface area contributed by atoms with Gasteiger partial charge in [-0.2, -0.15) is 0 Å². The van der Waals surface area contributed by atoms with Crippen LogP contribution in [-0.2, 0) is 6.42 Å². The van der Waals surface area contributed by atoms with E-state index < -0.39 is 0 Å². The summed E-state index contributed by atoms with van der Waals surface area (Å²) >= 11 is 0. The zero-order chi connectivity index (χ0) is 14.1. The first kappa shape index (κ1) is 16.2. The topological polar surface area (TPSA) is 15.3 Å². The van der Waals surface area contributed by atoms with Gasteiger partial charge in [-0.15, -0.1) is 0 Å². The Balaban J connectivity index is 2.27. The van der Waals surface area contributed by atoms with E-state index in [4.69, 9.17) is 0 Å². The number of hydrogen-bond acceptors (Lipinski definition) is 2. The molecule has 0 unspecified atom stereocenters. The maximum atomic E-state index is 3.69. The van der Waals surface area contributed by atoms with Gasteiger partial charge in [0.25, 0.3) is 0 Å². The highest BCUT2D eigenvalue weighted by atomic mass is 15.1. The summed E-state index contributed by atoms with van der Waals surface area (Å²) in [6.07, 6.45) is 2.32. The van der Waals surface area contributed by atoms with Crippen LogP contribution >= 0.6 is 0 Å². The quantitative estimate of drug-likeness (QED) is 0.734. The Morgan fingerprint density at radius 2 is 1.68 bits per heavy atom. The molecule has 0 bridgehead atoms. The molecule has 2 heteroatoms. The van der Waals surface area contributed by atoms with E-state index in [1.54, 1.807) is 0 Å². The zero-order valence-corrected chi connectivity index (χ0v) is 13.1. The van der Waals surface area contributed by atoms with E-state index in [1.807, 2.05) is 0 Å². The molecule has 0 radical (unpaired) electrons. The third kappa shape index (κ3) is 6.74. The minimum atomic E-state index is 0.211. The number of hydrogen-bond donors (Lipinski definition) is 1. The van der Waals surface area contributed by atoms with Gasteiger partial charge in [-0.05, 0) is 45.3 Å². The van der Waals surface area contributed by atoms with Crippen LogP contribution < -0.4 is 5.32 Å². The maximum absolute atomic E-state index is 3.69. The van der Waals surface area contributed by atoms with Crippen LogP contribution in [0.15, 0.2) is 30.3 Å². The Morgan fingerprint density at radius 1 is 1.05 bits per heavy atom. The van der Waals surface area contributed by atoms with E-state index in [0.29, 0.717) is 0 Å². The number of likely N-dealkylation sites (N-methyl/N-ethyl adjacent to an activating group) is 1. The van der Waals surface area contributed by atoms with Crippen molar-refractivity contribution in [2.45, 2.75) is 46.1 Å². The summed E-state index contributed by atoms with van der Waals surface area (Å²) in [7, 11) is 0. The predicted octanol–water partition coefficient (Wildman–Crippen LogP) is 3.33. The van der Waals surface area contributed by atoms with Crippen molar-refractivity contribution in [3.05, 3.63) is 35.9 Å². The molecular weight excluding hydrogens is 232 g/mol. The molecule has 0 spiro atoms. The highest BCUT2D eigenvalue weighted by Gasteiger charge is 2.16. The highest BCUT2D eigenvalue weighted by Crippen LogP contribution is 2.13. The van der Waals surface area contributed by atoms with Crippen LogP contribution in [0.3, 0.4) is 0 Å². The first-order chi connectivity index (χ1) is 9.07. The maximum Gasteiger partial charge on any atom is 0.0128 e. The lowest BCUT2D eigenvalue weighted by molar-refractivity contribution is 0.275. The number of aryl methyl sites for hydroxylation is 1. The molecule has 0 saturated carbocycles. The van der Waals surface area contributed by atoms with Crippen molar-refractivity contribution in [1.29, 1.82) is 0 Å². The van der Waals surface area contributed by atoms with E-state index >= 15 is 0 Å². The fraction of sp³-hybridized carbons (Fsp3) is 0.647. The second kappa shape index (κ2) is 8.34. The van der Waals surface area contributed by atoms with Gasteiger partial charge in [0.15, 0.2) is 0 Å². The molecule has 0 aliphatic carbocycles. The van der Waals surface area contributed by atoms with Crippen molar-refractivity contribution < 1.29 is 0 Å². The lowest BCUT2D eigenvalue weighted by Gasteiger charge is -2.28. The Hall–Kier alpha value is -0.860. The summed E-state index contributed by atoms with van der Waals surface area (Å²) < 4.78 is 0. The van der Waals surface area contributed by atoms with Crippen LogP contribution in [0, 0.1) is 0 Å².